The molecule has 4 rings (SSSR count). The Kier molecular flexibility index (Phi) is 8.97. The maximum Gasteiger partial charge on any atom is 0.253 e. The lowest BCUT2D eigenvalue weighted by molar-refractivity contribution is -0.0228. The fourth-order valence-corrected chi connectivity index (χ4v) is 4.42. The number of nitrogens with one attached hydrogen (secondary N) is 1. The summed E-state index contributed by atoms with van der Waals surface area (Å²) in [5.41, 5.74) is 1.15. The lowest BCUT2D eigenvalue weighted by Crippen LogP contribution is -2.52. The van der Waals surface area contributed by atoms with Crippen LogP contribution >= 0.6 is 12.2 Å². The lowest BCUT2D eigenvalue weighted by atomic mass is 10.1. The quantitative estimate of drug-likeness (QED) is 0.582. The summed E-state index contributed by atoms with van der Waals surface area (Å²) in [6.07, 6.45) is -0.245. The molecule has 188 valence electrons. The second kappa shape index (κ2) is 12.3. The fourth-order valence-electron chi connectivity index (χ4n) is 4.13. The normalized spacial score (nSPS) is 18.8. The first kappa shape index (κ1) is 25.4. The molecule has 1 atom stereocenters. The highest BCUT2D eigenvalue weighted by molar-refractivity contribution is 7.80. The minimum Gasteiger partial charge on any atom is -0.379 e. The summed E-state index contributed by atoms with van der Waals surface area (Å²) in [6, 6.07) is 11.6. The standard InChI is InChI=1S/C25H30F2N4O3S/c26-20-3-1-19(2-4-20)24(32)30(10-9-29-11-14-33-15-12-29)17-23-18-31(13-16-34-23)25(35)28-22-7-5-21(27)6-8-22/h1-8,23H,9-18H2,(H,28,35)/t23-/m0/s1. The van der Waals surface area contributed by atoms with E-state index in [0.717, 1.165) is 19.6 Å². The van der Waals surface area contributed by atoms with Crippen molar-refractivity contribution in [3.63, 3.8) is 0 Å². The van der Waals surface area contributed by atoms with Crippen molar-refractivity contribution < 1.29 is 23.0 Å². The summed E-state index contributed by atoms with van der Waals surface area (Å²) in [4.78, 5) is 19.3. The number of benzene rings is 2. The van der Waals surface area contributed by atoms with Crippen molar-refractivity contribution in [2.45, 2.75) is 6.10 Å². The SMILES string of the molecule is O=C(c1ccc(F)cc1)N(CCN1CCOCC1)C[C@H]1CN(C(=S)Nc2ccc(F)cc2)CCO1. The van der Waals surface area contributed by atoms with Crippen LogP contribution in [0.15, 0.2) is 48.5 Å². The fraction of sp³-hybridized carbons (Fsp3) is 0.440. The zero-order valence-electron chi connectivity index (χ0n) is 19.5. The highest BCUT2D eigenvalue weighted by Crippen LogP contribution is 2.15. The molecule has 2 fully saturated rings. The van der Waals surface area contributed by atoms with Gasteiger partial charge in [0, 0.05) is 57.1 Å². The van der Waals surface area contributed by atoms with E-state index in [1.165, 1.54) is 36.4 Å². The molecule has 0 unspecified atom stereocenters. The molecule has 2 aromatic carbocycles. The van der Waals surface area contributed by atoms with Gasteiger partial charge in [0.25, 0.3) is 5.91 Å². The number of rotatable bonds is 7. The Labute approximate surface area is 209 Å². The number of hydrogen-bond acceptors (Lipinski definition) is 5. The molecular weight excluding hydrogens is 474 g/mol. The predicted octanol–water partition coefficient (Wildman–Crippen LogP) is 2.84. The first-order chi connectivity index (χ1) is 17.0. The molecule has 0 bridgehead atoms. The molecule has 35 heavy (non-hydrogen) atoms. The van der Waals surface area contributed by atoms with Gasteiger partial charge in [0.1, 0.15) is 11.6 Å². The second-order valence-corrected chi connectivity index (χ2v) is 8.97. The van der Waals surface area contributed by atoms with Crippen molar-refractivity contribution in [3.05, 3.63) is 65.7 Å². The minimum atomic E-state index is -0.380. The van der Waals surface area contributed by atoms with E-state index in [-0.39, 0.29) is 23.6 Å². The molecule has 2 aliphatic heterocycles. The zero-order chi connectivity index (χ0) is 24.6. The molecule has 10 heteroatoms. The van der Waals surface area contributed by atoms with Gasteiger partial charge in [0.15, 0.2) is 5.11 Å². The number of hydrogen-bond donors (Lipinski definition) is 1. The molecule has 0 saturated carbocycles. The van der Waals surface area contributed by atoms with Crippen LogP contribution in [0.25, 0.3) is 0 Å². The van der Waals surface area contributed by atoms with Gasteiger partial charge in [-0.1, -0.05) is 0 Å². The van der Waals surface area contributed by atoms with Gasteiger partial charge in [-0.15, -0.1) is 0 Å². The van der Waals surface area contributed by atoms with Crippen LogP contribution in [0, 0.1) is 11.6 Å². The topological polar surface area (TPSA) is 57.3 Å². The number of ether oxygens (including phenoxy) is 2. The van der Waals surface area contributed by atoms with E-state index < -0.39 is 0 Å². The molecule has 0 spiro atoms. The average molecular weight is 505 g/mol. The summed E-state index contributed by atoms with van der Waals surface area (Å²) in [5, 5.41) is 3.66. The average Bonchev–Trinajstić information content (AvgIpc) is 2.88. The number of halogens is 2. The Bertz CT molecular complexity index is 987. The van der Waals surface area contributed by atoms with Gasteiger partial charge in [-0.05, 0) is 60.7 Å². The predicted molar refractivity (Wildman–Crippen MR) is 133 cm³/mol. The van der Waals surface area contributed by atoms with E-state index in [0.29, 0.717) is 62.4 Å². The highest BCUT2D eigenvalue weighted by Gasteiger charge is 2.27. The van der Waals surface area contributed by atoms with Crippen molar-refractivity contribution in [1.29, 1.82) is 0 Å². The first-order valence-electron chi connectivity index (χ1n) is 11.8. The van der Waals surface area contributed by atoms with E-state index in [1.54, 1.807) is 17.0 Å². The van der Waals surface area contributed by atoms with Crippen LogP contribution in [0.5, 0.6) is 0 Å². The van der Waals surface area contributed by atoms with Crippen molar-refractivity contribution in [3.8, 4) is 0 Å². The van der Waals surface area contributed by atoms with Crippen molar-refractivity contribution >= 4 is 28.9 Å². The third-order valence-electron chi connectivity index (χ3n) is 6.11. The van der Waals surface area contributed by atoms with Gasteiger partial charge in [-0.25, -0.2) is 8.78 Å². The molecular formula is C25H30F2N4O3S. The van der Waals surface area contributed by atoms with E-state index in [2.05, 4.69) is 10.2 Å². The third-order valence-corrected chi connectivity index (χ3v) is 6.47. The summed E-state index contributed by atoms with van der Waals surface area (Å²) in [5.74, 6) is -0.850. The number of morpholine rings is 2. The molecule has 1 amide bonds. The van der Waals surface area contributed by atoms with Gasteiger partial charge >= 0.3 is 0 Å². The van der Waals surface area contributed by atoms with Crippen molar-refractivity contribution in [2.24, 2.45) is 0 Å². The summed E-state index contributed by atoms with van der Waals surface area (Å²) in [7, 11) is 0. The molecule has 7 nitrogen and oxygen atoms in total. The van der Waals surface area contributed by atoms with Crippen LogP contribution in [0.3, 0.4) is 0 Å². The second-order valence-electron chi connectivity index (χ2n) is 8.59. The molecule has 2 heterocycles. The van der Waals surface area contributed by atoms with Gasteiger partial charge in [0.05, 0.1) is 25.9 Å². The van der Waals surface area contributed by atoms with Crippen LogP contribution in [0.2, 0.25) is 0 Å². The molecule has 2 aromatic rings. The van der Waals surface area contributed by atoms with Gasteiger partial charge in [-0.2, -0.15) is 0 Å². The molecule has 0 aliphatic carbocycles. The first-order valence-corrected chi connectivity index (χ1v) is 12.2. The molecule has 0 radical (unpaired) electrons. The molecule has 2 aliphatic rings. The summed E-state index contributed by atoms with van der Waals surface area (Å²) >= 11 is 5.56. The van der Waals surface area contributed by atoms with Crippen molar-refractivity contribution in [2.75, 3.05) is 71.0 Å². The minimum absolute atomic E-state index is 0.161. The number of nitrogens with zero attached hydrogens (tertiary/aromatic N) is 3. The van der Waals surface area contributed by atoms with Crippen LogP contribution < -0.4 is 5.32 Å². The number of carbonyl (C=O) groups is 1. The summed E-state index contributed by atoms with van der Waals surface area (Å²) in [6.45, 7) is 6.25. The zero-order valence-corrected chi connectivity index (χ0v) is 20.3. The Hall–Kier alpha value is -2.66. The Balaban J connectivity index is 1.39. The maximum absolute atomic E-state index is 13.4. The third kappa shape index (κ3) is 7.41. The van der Waals surface area contributed by atoms with Crippen LogP contribution in [0.1, 0.15) is 10.4 Å². The van der Waals surface area contributed by atoms with E-state index >= 15 is 0 Å². The van der Waals surface area contributed by atoms with Gasteiger partial charge in [0.2, 0.25) is 0 Å². The van der Waals surface area contributed by atoms with Crippen LogP contribution in [-0.4, -0.2) is 97.5 Å². The highest BCUT2D eigenvalue weighted by atomic mass is 32.1. The van der Waals surface area contributed by atoms with Crippen molar-refractivity contribution in [1.82, 2.24) is 14.7 Å². The summed E-state index contributed by atoms with van der Waals surface area (Å²) < 4.78 is 38.0. The molecule has 2 saturated heterocycles. The number of anilines is 1. The number of carbonyl (C=O) groups excluding carboxylic acids is 1. The molecule has 1 N–H and O–H groups in total. The smallest absolute Gasteiger partial charge is 0.253 e. The number of thiocarbonyl (C=S) groups is 1. The molecule has 0 aromatic heterocycles. The lowest BCUT2D eigenvalue weighted by Gasteiger charge is -2.37. The largest absolute Gasteiger partial charge is 0.379 e. The van der Waals surface area contributed by atoms with E-state index in [4.69, 9.17) is 21.7 Å². The van der Waals surface area contributed by atoms with Crippen LogP contribution in [-0.2, 0) is 9.47 Å². The Morgan fingerprint density at radius 2 is 1.66 bits per heavy atom. The van der Waals surface area contributed by atoms with Crippen LogP contribution in [0.4, 0.5) is 14.5 Å². The monoisotopic (exact) mass is 504 g/mol. The Morgan fingerprint density at radius 1 is 1.00 bits per heavy atom. The van der Waals surface area contributed by atoms with E-state index in [9.17, 15) is 13.6 Å². The van der Waals surface area contributed by atoms with Gasteiger partial charge < -0.3 is 24.6 Å². The van der Waals surface area contributed by atoms with E-state index in [1.807, 2.05) is 4.90 Å². The maximum atomic E-state index is 13.4. The Morgan fingerprint density at radius 3 is 2.34 bits per heavy atom. The van der Waals surface area contributed by atoms with Gasteiger partial charge in [-0.3, -0.25) is 9.69 Å². The number of amides is 1.